The van der Waals surface area contributed by atoms with Gasteiger partial charge in [0, 0.05) is 0 Å². The monoisotopic (exact) mass is 1010 g/mol. The summed E-state index contributed by atoms with van der Waals surface area (Å²) in [7, 11) is 0. The van der Waals surface area contributed by atoms with E-state index in [0.717, 1.165) is 55.6 Å². The molecule has 0 amide bonds. The maximum Gasteiger partial charge on any atom is 0.123 e. The van der Waals surface area contributed by atoms with E-state index < -0.39 is 5.41 Å². The van der Waals surface area contributed by atoms with Gasteiger partial charge in [0.25, 0.3) is 0 Å². The SMILES string of the molecule is Cc1c(C(C)(C)C)cc(COCC(COCc2cc(C(C)(C)C)c(O)c(C(C)(C)C)c2)(COCc2cc(C(C)(C)C)c(O)c(C(C)(C)C)c2)COCc2cc(C(C)(C)C)c(O)c(C(C)(C)C)c2)cc1C(C)(C)C. The van der Waals surface area contributed by atoms with Gasteiger partial charge in [-0.05, 0) is 159 Å². The highest BCUT2D eigenvalue weighted by Gasteiger charge is 2.36. The molecular weight excluding hydrogens is 905 g/mol. The molecule has 7 heteroatoms. The van der Waals surface area contributed by atoms with E-state index in [9.17, 15) is 15.3 Å². The Balaban J connectivity index is 1.88. The zero-order valence-electron chi connectivity index (χ0n) is 50.8. The Morgan fingerprint density at radius 1 is 0.274 bits per heavy atom. The van der Waals surface area contributed by atoms with Gasteiger partial charge in [-0.2, -0.15) is 0 Å². The van der Waals surface area contributed by atoms with Gasteiger partial charge in [0.2, 0.25) is 0 Å². The number of ether oxygens (including phenoxy) is 4. The summed E-state index contributed by atoms with van der Waals surface area (Å²) in [6, 6.07) is 17.1. The highest BCUT2D eigenvalue weighted by Crippen LogP contribution is 2.44. The second-order valence-corrected chi connectivity index (χ2v) is 29.9. The van der Waals surface area contributed by atoms with Crippen LogP contribution in [0.25, 0.3) is 0 Å². The zero-order chi connectivity index (χ0) is 55.9. The van der Waals surface area contributed by atoms with Crippen molar-refractivity contribution in [1.82, 2.24) is 0 Å². The molecule has 0 aliphatic rings. The molecule has 0 radical (unpaired) electrons. The Morgan fingerprint density at radius 2 is 0.425 bits per heavy atom. The van der Waals surface area contributed by atoms with E-state index in [2.05, 4.69) is 222 Å². The zero-order valence-corrected chi connectivity index (χ0v) is 50.8. The first kappa shape index (κ1) is 61.7. The van der Waals surface area contributed by atoms with E-state index in [1.807, 2.05) is 0 Å². The van der Waals surface area contributed by atoms with Crippen molar-refractivity contribution >= 4 is 0 Å². The van der Waals surface area contributed by atoms with Crippen molar-refractivity contribution in [2.24, 2.45) is 5.41 Å². The lowest BCUT2D eigenvalue weighted by Gasteiger charge is -2.34. The van der Waals surface area contributed by atoms with E-state index in [-0.39, 0.29) is 69.7 Å². The van der Waals surface area contributed by atoms with Crippen molar-refractivity contribution in [2.45, 2.75) is 243 Å². The number of hydrogen-bond acceptors (Lipinski definition) is 7. The van der Waals surface area contributed by atoms with Crippen molar-refractivity contribution in [3.8, 4) is 17.2 Å². The van der Waals surface area contributed by atoms with Gasteiger partial charge in [0.05, 0.1) is 58.3 Å². The van der Waals surface area contributed by atoms with Gasteiger partial charge < -0.3 is 34.3 Å². The fraction of sp³-hybridized carbons (Fsp3) is 0.636. The minimum absolute atomic E-state index is 0.0603. The molecule has 0 unspecified atom stereocenters. The summed E-state index contributed by atoms with van der Waals surface area (Å²) >= 11 is 0. The number of rotatable bonds is 16. The van der Waals surface area contributed by atoms with Crippen LogP contribution in [0.4, 0.5) is 0 Å². The van der Waals surface area contributed by atoms with Crippen molar-refractivity contribution in [3.05, 3.63) is 121 Å². The van der Waals surface area contributed by atoms with Crippen molar-refractivity contribution in [1.29, 1.82) is 0 Å². The first-order valence-electron chi connectivity index (χ1n) is 26.9. The second-order valence-electron chi connectivity index (χ2n) is 29.9. The molecule has 0 atom stereocenters. The predicted molar refractivity (Wildman–Crippen MR) is 306 cm³/mol. The summed E-state index contributed by atoms with van der Waals surface area (Å²) in [5.41, 5.74) is 10.7. The Bertz CT molecular complexity index is 2020. The molecule has 0 heterocycles. The highest BCUT2D eigenvalue weighted by molar-refractivity contribution is 5.52. The smallest absolute Gasteiger partial charge is 0.123 e. The first-order valence-corrected chi connectivity index (χ1v) is 26.9. The van der Waals surface area contributed by atoms with Crippen LogP contribution in [0.2, 0.25) is 0 Å². The number of phenols is 3. The van der Waals surface area contributed by atoms with Crippen LogP contribution in [-0.4, -0.2) is 41.7 Å². The van der Waals surface area contributed by atoms with Crippen molar-refractivity contribution in [3.63, 3.8) is 0 Å². The Morgan fingerprint density at radius 3 is 0.575 bits per heavy atom. The van der Waals surface area contributed by atoms with Gasteiger partial charge in [0.1, 0.15) is 17.2 Å². The Labute approximate surface area is 445 Å². The lowest BCUT2D eigenvalue weighted by molar-refractivity contribution is -0.117. The third kappa shape index (κ3) is 16.1. The molecule has 0 aliphatic heterocycles. The third-order valence-electron chi connectivity index (χ3n) is 14.1. The highest BCUT2D eigenvalue weighted by atomic mass is 16.5. The molecule has 4 aromatic carbocycles. The van der Waals surface area contributed by atoms with E-state index in [1.54, 1.807) is 0 Å². The number of benzene rings is 4. The molecule has 0 saturated carbocycles. The fourth-order valence-electron chi connectivity index (χ4n) is 9.97. The normalized spacial score (nSPS) is 13.8. The predicted octanol–water partition coefficient (Wildman–Crippen LogP) is 16.6. The van der Waals surface area contributed by atoms with Crippen LogP contribution in [0, 0.1) is 12.3 Å². The fourth-order valence-corrected chi connectivity index (χ4v) is 9.97. The molecule has 0 aliphatic carbocycles. The Kier molecular flexibility index (Phi) is 18.6. The van der Waals surface area contributed by atoms with Gasteiger partial charge in [-0.3, -0.25) is 0 Å². The summed E-state index contributed by atoms with van der Waals surface area (Å²) in [6.07, 6.45) is 0. The quantitative estimate of drug-likeness (QED) is 0.103. The summed E-state index contributed by atoms with van der Waals surface area (Å²) in [5, 5.41) is 34.8. The Hall–Kier alpha value is -3.88. The molecular formula is C66H102O7. The van der Waals surface area contributed by atoms with Crippen LogP contribution in [0.3, 0.4) is 0 Å². The molecule has 408 valence electrons. The minimum atomic E-state index is -0.797. The molecule has 0 spiro atoms. The third-order valence-corrected chi connectivity index (χ3v) is 14.1. The largest absolute Gasteiger partial charge is 0.507 e. The average molecular weight is 1010 g/mol. The van der Waals surface area contributed by atoms with E-state index in [4.69, 9.17) is 18.9 Å². The second kappa shape index (κ2) is 22.0. The van der Waals surface area contributed by atoms with Gasteiger partial charge >= 0.3 is 0 Å². The summed E-state index contributed by atoms with van der Waals surface area (Å²) in [5.74, 6) is 1.02. The number of phenolic OH excluding ortho intramolecular Hbond substituents is 3. The molecule has 4 rings (SSSR count). The summed E-state index contributed by atoms with van der Waals surface area (Å²) in [4.78, 5) is 0. The minimum Gasteiger partial charge on any atom is -0.507 e. The maximum absolute atomic E-state index is 11.6. The molecule has 0 aromatic heterocycles. The number of hydrogen-bond donors (Lipinski definition) is 3. The van der Waals surface area contributed by atoms with Crippen LogP contribution in [0.1, 0.15) is 238 Å². The maximum atomic E-state index is 11.6. The molecule has 0 fully saturated rings. The van der Waals surface area contributed by atoms with Crippen LogP contribution >= 0.6 is 0 Å². The van der Waals surface area contributed by atoms with Crippen LogP contribution in [0.15, 0.2) is 48.5 Å². The average Bonchev–Trinajstić information content (AvgIpc) is 3.19. The van der Waals surface area contributed by atoms with Crippen LogP contribution in [-0.2, 0) is 88.7 Å². The molecule has 73 heavy (non-hydrogen) atoms. The van der Waals surface area contributed by atoms with Crippen LogP contribution < -0.4 is 0 Å². The van der Waals surface area contributed by atoms with E-state index in [0.29, 0.717) is 43.7 Å². The molecule has 0 saturated heterocycles. The van der Waals surface area contributed by atoms with Crippen molar-refractivity contribution < 1.29 is 34.3 Å². The lowest BCUT2D eigenvalue weighted by Crippen LogP contribution is -2.41. The number of aromatic hydroxyl groups is 3. The summed E-state index contributed by atoms with van der Waals surface area (Å²) < 4.78 is 27.7. The summed E-state index contributed by atoms with van der Waals surface area (Å²) in [6.45, 7) is 56.6. The molecule has 0 bridgehead atoms. The van der Waals surface area contributed by atoms with E-state index in [1.165, 1.54) is 16.7 Å². The van der Waals surface area contributed by atoms with E-state index >= 15 is 0 Å². The standard InChI is InChI=1S/C66H102O7/c1-42-47(58(2,3)4)26-43(27-48(42)59(5,6)7)34-70-38-66(39-71-35-44-28-49(60(8,9)10)55(67)50(29-44)61(11,12)13,40-72-36-45-30-51(62(14,15)16)56(68)52(31-45)63(17,18)19)41-73-37-46-32-53(64(20,21)22)57(69)54(33-46)65(23,24)25/h26-33,67-69H,34-41H2,1-25H3. The molecule has 3 N–H and O–H groups in total. The first-order chi connectivity index (χ1) is 32.9. The van der Waals surface area contributed by atoms with Gasteiger partial charge in [-0.15, -0.1) is 0 Å². The molecule has 4 aromatic rings. The van der Waals surface area contributed by atoms with Gasteiger partial charge in [-0.1, -0.05) is 178 Å². The lowest BCUT2D eigenvalue weighted by atomic mass is 9.76. The van der Waals surface area contributed by atoms with Gasteiger partial charge in [-0.25, -0.2) is 0 Å². The van der Waals surface area contributed by atoms with Crippen LogP contribution in [0.5, 0.6) is 17.2 Å². The topological polar surface area (TPSA) is 97.6 Å². The van der Waals surface area contributed by atoms with Gasteiger partial charge in [0.15, 0.2) is 0 Å². The van der Waals surface area contributed by atoms with Crippen molar-refractivity contribution in [2.75, 3.05) is 26.4 Å². The molecule has 7 nitrogen and oxygen atoms in total.